The second kappa shape index (κ2) is 10.6. The molecule has 1 heterocycles. The van der Waals surface area contributed by atoms with Gasteiger partial charge >= 0.3 is 5.97 Å². The number of thiocarbonyl (C=S) groups is 1. The van der Waals surface area contributed by atoms with Gasteiger partial charge in [0.1, 0.15) is 10.8 Å². The number of carbonyl (C=O) groups excluding carboxylic acids is 1. The summed E-state index contributed by atoms with van der Waals surface area (Å²) in [5, 5.41) is 7.80. The first-order valence-corrected chi connectivity index (χ1v) is 11.3. The summed E-state index contributed by atoms with van der Waals surface area (Å²) in [6.07, 6.45) is 6.21. The van der Waals surface area contributed by atoms with Crippen molar-refractivity contribution >= 4 is 39.6 Å². The average molecular weight is 433 g/mol. The van der Waals surface area contributed by atoms with E-state index in [1.54, 1.807) is 18.4 Å². The van der Waals surface area contributed by atoms with E-state index in [1.807, 2.05) is 31.2 Å². The van der Waals surface area contributed by atoms with Gasteiger partial charge in [0.25, 0.3) is 0 Å². The van der Waals surface area contributed by atoms with Crippen LogP contribution in [0.3, 0.4) is 0 Å². The van der Waals surface area contributed by atoms with Gasteiger partial charge in [0.15, 0.2) is 5.11 Å². The third-order valence-electron chi connectivity index (χ3n) is 5.00. The summed E-state index contributed by atoms with van der Waals surface area (Å²) in [5.74, 6) is 0.617. The van der Waals surface area contributed by atoms with E-state index in [1.165, 1.54) is 11.3 Å². The fourth-order valence-corrected chi connectivity index (χ4v) is 5.17. The molecule has 0 aliphatic heterocycles. The minimum atomic E-state index is -0.258. The van der Waals surface area contributed by atoms with Gasteiger partial charge in [0, 0.05) is 11.4 Å². The molecule has 1 aromatic heterocycles. The zero-order chi connectivity index (χ0) is 20.6. The zero-order valence-electron chi connectivity index (χ0n) is 17.0. The topological polar surface area (TPSA) is 59.6 Å². The van der Waals surface area contributed by atoms with Crippen LogP contribution >= 0.6 is 23.6 Å². The fraction of sp³-hybridized carbons (Fsp3) is 0.455. The molecule has 7 heteroatoms. The number of para-hydroxylation sites is 1. The predicted molar refractivity (Wildman–Crippen MR) is 122 cm³/mol. The maximum absolute atomic E-state index is 12.6. The number of hydrogen-bond acceptors (Lipinski definition) is 5. The summed E-state index contributed by atoms with van der Waals surface area (Å²) in [4.78, 5) is 13.9. The molecule has 1 aliphatic carbocycles. The number of anilines is 1. The molecule has 2 aromatic rings. The Morgan fingerprint density at radius 2 is 2.00 bits per heavy atom. The lowest BCUT2D eigenvalue weighted by Gasteiger charge is -2.12. The van der Waals surface area contributed by atoms with Crippen LogP contribution in [0.2, 0.25) is 0 Å². The van der Waals surface area contributed by atoms with Crippen molar-refractivity contribution in [3.8, 4) is 5.75 Å². The SMILES string of the molecule is CCOC(=O)c1c(NC(=S)NCCc2ccccc2OC)sc2c1CCCCC2. The van der Waals surface area contributed by atoms with Crippen molar-refractivity contribution in [2.75, 3.05) is 25.6 Å². The number of hydrogen-bond donors (Lipinski definition) is 2. The summed E-state index contributed by atoms with van der Waals surface area (Å²) in [6, 6.07) is 7.96. The first-order chi connectivity index (χ1) is 14.1. The first-order valence-electron chi connectivity index (χ1n) is 10.1. The molecule has 29 heavy (non-hydrogen) atoms. The van der Waals surface area contributed by atoms with Crippen LogP contribution in [0.1, 0.15) is 52.5 Å². The molecule has 0 saturated carbocycles. The number of rotatable bonds is 7. The van der Waals surface area contributed by atoms with E-state index in [9.17, 15) is 4.79 Å². The molecule has 3 rings (SSSR count). The summed E-state index contributed by atoms with van der Waals surface area (Å²) >= 11 is 7.13. The molecule has 1 aliphatic rings. The summed E-state index contributed by atoms with van der Waals surface area (Å²) in [5.41, 5.74) is 2.94. The Bertz CT molecular complexity index is 864. The zero-order valence-corrected chi connectivity index (χ0v) is 18.6. The predicted octanol–water partition coefficient (Wildman–Crippen LogP) is 4.73. The molecule has 0 unspecified atom stereocenters. The van der Waals surface area contributed by atoms with Crippen molar-refractivity contribution in [2.24, 2.45) is 0 Å². The number of carbonyl (C=O) groups is 1. The monoisotopic (exact) mass is 432 g/mol. The van der Waals surface area contributed by atoms with Gasteiger partial charge in [0.05, 0.1) is 19.3 Å². The molecule has 0 bridgehead atoms. The number of aryl methyl sites for hydroxylation is 1. The Balaban J connectivity index is 1.67. The quantitative estimate of drug-likeness (QED) is 0.375. The van der Waals surface area contributed by atoms with Gasteiger partial charge in [-0.05, 0) is 68.4 Å². The highest BCUT2D eigenvalue weighted by Gasteiger charge is 2.26. The van der Waals surface area contributed by atoms with Crippen molar-refractivity contribution in [2.45, 2.75) is 45.4 Å². The molecule has 0 fully saturated rings. The second-order valence-electron chi connectivity index (χ2n) is 6.93. The number of ether oxygens (including phenoxy) is 2. The highest BCUT2D eigenvalue weighted by molar-refractivity contribution is 7.80. The van der Waals surface area contributed by atoms with E-state index in [2.05, 4.69) is 10.6 Å². The highest BCUT2D eigenvalue weighted by Crippen LogP contribution is 2.38. The van der Waals surface area contributed by atoms with Gasteiger partial charge < -0.3 is 20.1 Å². The van der Waals surface area contributed by atoms with Crippen LogP contribution in [0, 0.1) is 0 Å². The number of methoxy groups -OCH3 is 1. The van der Waals surface area contributed by atoms with Gasteiger partial charge in [-0.15, -0.1) is 11.3 Å². The van der Waals surface area contributed by atoms with Crippen LogP contribution in [0.15, 0.2) is 24.3 Å². The minimum absolute atomic E-state index is 0.258. The van der Waals surface area contributed by atoms with E-state index < -0.39 is 0 Å². The largest absolute Gasteiger partial charge is 0.496 e. The molecule has 0 saturated heterocycles. The van der Waals surface area contributed by atoms with Crippen molar-refractivity contribution in [1.82, 2.24) is 5.32 Å². The number of benzene rings is 1. The third-order valence-corrected chi connectivity index (χ3v) is 6.45. The number of thiophene rings is 1. The highest BCUT2D eigenvalue weighted by atomic mass is 32.1. The van der Waals surface area contributed by atoms with Crippen molar-refractivity contribution < 1.29 is 14.3 Å². The van der Waals surface area contributed by atoms with Gasteiger partial charge in [-0.25, -0.2) is 4.79 Å². The summed E-state index contributed by atoms with van der Waals surface area (Å²) in [7, 11) is 1.68. The molecular weight excluding hydrogens is 404 g/mol. The van der Waals surface area contributed by atoms with E-state index >= 15 is 0 Å². The Hall–Kier alpha value is -2.12. The lowest BCUT2D eigenvalue weighted by molar-refractivity contribution is 0.0527. The average Bonchev–Trinajstić information content (AvgIpc) is 2.89. The minimum Gasteiger partial charge on any atom is -0.496 e. The van der Waals surface area contributed by atoms with Gasteiger partial charge in [-0.1, -0.05) is 24.6 Å². The Morgan fingerprint density at radius 3 is 2.79 bits per heavy atom. The molecule has 0 atom stereocenters. The van der Waals surface area contributed by atoms with E-state index in [-0.39, 0.29) is 5.97 Å². The lowest BCUT2D eigenvalue weighted by Crippen LogP contribution is -2.30. The standard InChI is InChI=1S/C22H28N2O3S2/c1-3-27-21(25)19-16-10-5-4-6-12-18(16)29-20(19)24-22(28)23-14-13-15-9-7-8-11-17(15)26-2/h7-9,11H,3-6,10,12-14H2,1-2H3,(H2,23,24,28). The van der Waals surface area contributed by atoms with Gasteiger partial charge in [-0.2, -0.15) is 0 Å². The third kappa shape index (κ3) is 5.48. The van der Waals surface area contributed by atoms with Crippen LogP contribution in [0.5, 0.6) is 5.75 Å². The number of nitrogens with one attached hydrogen (secondary N) is 2. The molecule has 2 N–H and O–H groups in total. The lowest BCUT2D eigenvalue weighted by atomic mass is 10.1. The van der Waals surface area contributed by atoms with E-state index in [4.69, 9.17) is 21.7 Å². The van der Waals surface area contributed by atoms with Gasteiger partial charge in [0.2, 0.25) is 0 Å². The summed E-state index contributed by atoms with van der Waals surface area (Å²) < 4.78 is 10.7. The first kappa shape index (κ1) is 21.6. The van der Waals surface area contributed by atoms with Crippen molar-refractivity contribution in [1.29, 1.82) is 0 Å². The van der Waals surface area contributed by atoms with Crippen molar-refractivity contribution in [3.63, 3.8) is 0 Å². The van der Waals surface area contributed by atoms with Crippen LogP contribution in [-0.4, -0.2) is 31.3 Å². The molecular formula is C22H28N2O3S2. The fourth-order valence-electron chi connectivity index (χ4n) is 3.62. The van der Waals surface area contributed by atoms with E-state index in [0.29, 0.717) is 23.8 Å². The molecule has 5 nitrogen and oxygen atoms in total. The van der Waals surface area contributed by atoms with Crippen LogP contribution in [0.4, 0.5) is 5.00 Å². The Labute approximate surface area is 181 Å². The Kier molecular flexibility index (Phi) is 7.89. The number of fused-ring (bicyclic) bond motifs is 1. The summed E-state index contributed by atoms with van der Waals surface area (Å²) in [6.45, 7) is 2.87. The second-order valence-corrected chi connectivity index (χ2v) is 8.45. The molecule has 0 radical (unpaired) electrons. The molecule has 1 aromatic carbocycles. The maximum atomic E-state index is 12.6. The smallest absolute Gasteiger partial charge is 0.341 e. The van der Waals surface area contributed by atoms with Crippen LogP contribution < -0.4 is 15.4 Å². The molecule has 0 spiro atoms. The maximum Gasteiger partial charge on any atom is 0.341 e. The van der Waals surface area contributed by atoms with Gasteiger partial charge in [-0.3, -0.25) is 0 Å². The van der Waals surface area contributed by atoms with Crippen molar-refractivity contribution in [3.05, 3.63) is 45.8 Å². The molecule has 156 valence electrons. The van der Waals surface area contributed by atoms with E-state index in [0.717, 1.165) is 54.0 Å². The van der Waals surface area contributed by atoms with Crippen LogP contribution in [-0.2, 0) is 24.0 Å². The van der Waals surface area contributed by atoms with Crippen LogP contribution in [0.25, 0.3) is 0 Å². The normalized spacial score (nSPS) is 13.2. The number of esters is 1. The molecule has 0 amide bonds. The Morgan fingerprint density at radius 1 is 1.21 bits per heavy atom.